The van der Waals surface area contributed by atoms with Gasteiger partial charge in [0.15, 0.2) is 0 Å². The van der Waals surface area contributed by atoms with Crippen molar-refractivity contribution in [3.63, 3.8) is 0 Å². The number of pyridine rings is 1. The van der Waals surface area contributed by atoms with E-state index in [0.717, 1.165) is 42.9 Å². The molecule has 0 aromatic carbocycles. The molecule has 2 nitrogen and oxygen atoms in total. The fraction of sp³-hybridized carbons (Fsp3) is 0.500. The summed E-state index contributed by atoms with van der Waals surface area (Å²) in [4.78, 5) is 4.39. The van der Waals surface area contributed by atoms with Gasteiger partial charge in [-0.1, -0.05) is 24.6 Å². The molecule has 1 unspecified atom stereocenters. The van der Waals surface area contributed by atoms with Crippen LogP contribution in [0.2, 0.25) is 5.02 Å². The molecule has 0 aliphatic rings. The summed E-state index contributed by atoms with van der Waals surface area (Å²) in [6.07, 6.45) is 8.06. The van der Waals surface area contributed by atoms with Gasteiger partial charge in [-0.3, -0.25) is 4.98 Å². The van der Waals surface area contributed by atoms with Gasteiger partial charge >= 0.3 is 0 Å². The molecule has 0 saturated heterocycles. The summed E-state index contributed by atoms with van der Waals surface area (Å²) in [6, 6.07) is 4.02. The van der Waals surface area contributed by atoms with Crippen LogP contribution in [0.15, 0.2) is 31.0 Å². The molecule has 1 heterocycles. The molecule has 94 valence electrons. The lowest BCUT2D eigenvalue weighted by molar-refractivity contribution is 0.476. The van der Waals surface area contributed by atoms with Crippen LogP contribution in [0.5, 0.6) is 0 Å². The lowest BCUT2D eigenvalue weighted by atomic mass is 10.1. The number of allylic oxidation sites excluding steroid dienone is 1. The van der Waals surface area contributed by atoms with Crippen molar-refractivity contribution in [2.24, 2.45) is 0 Å². The second-order valence-electron chi connectivity index (χ2n) is 4.10. The first-order valence-electron chi connectivity index (χ1n) is 6.24. The lowest BCUT2D eigenvalue weighted by Crippen LogP contribution is -2.23. The van der Waals surface area contributed by atoms with Crippen molar-refractivity contribution in [3.05, 3.63) is 41.7 Å². The molecule has 0 bridgehead atoms. The van der Waals surface area contributed by atoms with Gasteiger partial charge in [0.2, 0.25) is 0 Å². The van der Waals surface area contributed by atoms with E-state index in [0.29, 0.717) is 0 Å². The summed E-state index contributed by atoms with van der Waals surface area (Å²) in [6.45, 7) is 6.90. The van der Waals surface area contributed by atoms with Crippen LogP contribution >= 0.6 is 11.6 Å². The van der Waals surface area contributed by atoms with Gasteiger partial charge in [-0.05, 0) is 44.4 Å². The minimum atomic E-state index is 0.253. The standard InChI is InChI=1S/C14H21ClN2/c1-3-5-6-9-13(16-10-4-2)14-12(15)8-7-11-17-14/h3,7-8,11,13,16H,1,4-6,9-10H2,2H3. The van der Waals surface area contributed by atoms with E-state index < -0.39 is 0 Å². The van der Waals surface area contributed by atoms with Crippen LogP contribution < -0.4 is 5.32 Å². The highest BCUT2D eigenvalue weighted by molar-refractivity contribution is 6.31. The van der Waals surface area contributed by atoms with E-state index in [-0.39, 0.29) is 6.04 Å². The normalized spacial score (nSPS) is 12.4. The van der Waals surface area contributed by atoms with Gasteiger partial charge < -0.3 is 5.32 Å². The van der Waals surface area contributed by atoms with Gasteiger partial charge in [-0.25, -0.2) is 0 Å². The molecule has 0 aliphatic heterocycles. The van der Waals surface area contributed by atoms with Crippen molar-refractivity contribution < 1.29 is 0 Å². The van der Waals surface area contributed by atoms with Crippen LogP contribution in [0.1, 0.15) is 44.3 Å². The third-order valence-electron chi connectivity index (χ3n) is 2.66. The van der Waals surface area contributed by atoms with E-state index in [1.165, 1.54) is 0 Å². The zero-order chi connectivity index (χ0) is 12.5. The summed E-state index contributed by atoms with van der Waals surface area (Å²) >= 11 is 6.19. The Morgan fingerprint density at radius 1 is 1.59 bits per heavy atom. The summed E-state index contributed by atoms with van der Waals surface area (Å²) in [5.74, 6) is 0. The zero-order valence-electron chi connectivity index (χ0n) is 10.5. The fourth-order valence-electron chi connectivity index (χ4n) is 1.77. The van der Waals surface area contributed by atoms with Crippen LogP contribution in [0.25, 0.3) is 0 Å². The van der Waals surface area contributed by atoms with E-state index in [2.05, 4.69) is 23.8 Å². The number of nitrogens with zero attached hydrogens (tertiary/aromatic N) is 1. The van der Waals surface area contributed by atoms with E-state index in [1.54, 1.807) is 6.20 Å². The minimum absolute atomic E-state index is 0.253. The maximum atomic E-state index is 6.19. The van der Waals surface area contributed by atoms with Crippen LogP contribution in [-0.2, 0) is 0 Å². The van der Waals surface area contributed by atoms with E-state index in [1.807, 2.05) is 18.2 Å². The second-order valence-corrected chi connectivity index (χ2v) is 4.50. The van der Waals surface area contributed by atoms with Gasteiger partial charge in [0.1, 0.15) is 0 Å². The topological polar surface area (TPSA) is 24.9 Å². The summed E-state index contributed by atoms with van der Waals surface area (Å²) < 4.78 is 0. The Kier molecular flexibility index (Phi) is 6.90. The third-order valence-corrected chi connectivity index (χ3v) is 2.98. The number of nitrogens with one attached hydrogen (secondary N) is 1. The molecule has 0 aliphatic carbocycles. The van der Waals surface area contributed by atoms with Crippen molar-refractivity contribution >= 4 is 11.6 Å². The predicted molar refractivity (Wildman–Crippen MR) is 74.3 cm³/mol. The van der Waals surface area contributed by atoms with Crippen LogP contribution in [0.3, 0.4) is 0 Å². The molecule has 0 radical (unpaired) electrons. The molecule has 1 aromatic heterocycles. The molecule has 3 heteroatoms. The van der Waals surface area contributed by atoms with Gasteiger partial charge in [-0.15, -0.1) is 6.58 Å². The highest BCUT2D eigenvalue weighted by Crippen LogP contribution is 2.24. The van der Waals surface area contributed by atoms with Crippen molar-refractivity contribution in [3.8, 4) is 0 Å². The number of aromatic nitrogens is 1. The van der Waals surface area contributed by atoms with Crippen molar-refractivity contribution in [2.45, 2.75) is 38.6 Å². The van der Waals surface area contributed by atoms with Crippen molar-refractivity contribution in [1.82, 2.24) is 10.3 Å². The molecule has 17 heavy (non-hydrogen) atoms. The lowest BCUT2D eigenvalue weighted by Gasteiger charge is -2.18. The molecule has 0 saturated carbocycles. The molecular weight excluding hydrogens is 232 g/mol. The van der Waals surface area contributed by atoms with Gasteiger partial charge in [0.05, 0.1) is 16.8 Å². The Morgan fingerprint density at radius 2 is 2.41 bits per heavy atom. The van der Waals surface area contributed by atoms with Crippen LogP contribution in [-0.4, -0.2) is 11.5 Å². The minimum Gasteiger partial charge on any atom is -0.309 e. The Balaban J connectivity index is 2.67. The highest BCUT2D eigenvalue weighted by Gasteiger charge is 2.14. The summed E-state index contributed by atoms with van der Waals surface area (Å²) in [5, 5.41) is 4.25. The average Bonchev–Trinajstić information content (AvgIpc) is 2.35. The zero-order valence-corrected chi connectivity index (χ0v) is 11.2. The fourth-order valence-corrected chi connectivity index (χ4v) is 2.03. The maximum absolute atomic E-state index is 6.19. The Morgan fingerprint density at radius 3 is 3.06 bits per heavy atom. The second kappa shape index (κ2) is 8.26. The molecule has 0 amide bonds. The molecule has 0 fully saturated rings. The largest absolute Gasteiger partial charge is 0.309 e. The molecule has 0 spiro atoms. The highest BCUT2D eigenvalue weighted by atomic mass is 35.5. The number of hydrogen-bond acceptors (Lipinski definition) is 2. The van der Waals surface area contributed by atoms with Gasteiger partial charge in [-0.2, -0.15) is 0 Å². The van der Waals surface area contributed by atoms with E-state index in [4.69, 9.17) is 11.6 Å². The first-order chi connectivity index (χ1) is 8.29. The van der Waals surface area contributed by atoms with Crippen LogP contribution in [0.4, 0.5) is 0 Å². The number of rotatable bonds is 8. The number of unbranched alkanes of at least 4 members (excludes halogenated alkanes) is 1. The monoisotopic (exact) mass is 252 g/mol. The quantitative estimate of drug-likeness (QED) is 0.556. The molecule has 1 atom stereocenters. The Bertz CT molecular complexity index is 339. The molecule has 1 aromatic rings. The van der Waals surface area contributed by atoms with E-state index in [9.17, 15) is 0 Å². The SMILES string of the molecule is C=CCCCC(NCCC)c1ncccc1Cl. The Hall–Kier alpha value is -0.860. The molecular formula is C14H21ClN2. The first kappa shape index (κ1) is 14.2. The summed E-state index contributed by atoms with van der Waals surface area (Å²) in [5.41, 5.74) is 0.965. The smallest absolute Gasteiger partial charge is 0.0758 e. The third kappa shape index (κ3) is 4.88. The maximum Gasteiger partial charge on any atom is 0.0758 e. The van der Waals surface area contributed by atoms with Gasteiger partial charge in [0.25, 0.3) is 0 Å². The van der Waals surface area contributed by atoms with Crippen molar-refractivity contribution in [2.75, 3.05) is 6.54 Å². The van der Waals surface area contributed by atoms with Crippen LogP contribution in [0, 0.1) is 0 Å². The van der Waals surface area contributed by atoms with Crippen molar-refractivity contribution in [1.29, 1.82) is 0 Å². The number of halogens is 1. The number of hydrogen-bond donors (Lipinski definition) is 1. The predicted octanol–water partition coefficient (Wildman–Crippen LogP) is 4.13. The average molecular weight is 253 g/mol. The Labute approximate surface area is 109 Å². The van der Waals surface area contributed by atoms with E-state index >= 15 is 0 Å². The first-order valence-corrected chi connectivity index (χ1v) is 6.62. The molecule has 1 N–H and O–H groups in total. The summed E-state index contributed by atoms with van der Waals surface area (Å²) in [7, 11) is 0. The molecule has 1 rings (SSSR count). The van der Waals surface area contributed by atoms with Gasteiger partial charge in [0, 0.05) is 6.20 Å².